The Hall–Kier alpha value is -14.0. The number of benzene rings is 3. The quantitative estimate of drug-likeness (QED) is 0.0209. The van der Waals surface area contributed by atoms with Crippen LogP contribution in [0.1, 0.15) is 100 Å². The van der Waals surface area contributed by atoms with Crippen LogP contribution in [0.25, 0.3) is 0 Å². The number of carbonyl (C=O) groups is 9. The highest BCUT2D eigenvalue weighted by atomic mass is 35.5. The fraction of sp³-hybridized carbons (Fsp3) is 0.107. The molecule has 8 aromatic heterocycles. The number of hydrogen-bond donors (Lipinski definition) is 12. The second kappa shape index (κ2) is 41.5. The van der Waals surface area contributed by atoms with Crippen LogP contribution in [0.15, 0.2) is 220 Å². The van der Waals surface area contributed by atoms with Gasteiger partial charge in [0, 0.05) is 91.9 Å². The van der Waals surface area contributed by atoms with E-state index in [1.807, 2.05) is 0 Å². The lowest BCUT2D eigenvalue weighted by Crippen LogP contribution is -2.28. The van der Waals surface area contributed by atoms with Crippen molar-refractivity contribution >= 4 is 157 Å². The third-order valence-corrected chi connectivity index (χ3v) is 14.8. The van der Waals surface area contributed by atoms with E-state index in [2.05, 4.69) is 98.4 Å². The van der Waals surface area contributed by atoms with Crippen molar-refractivity contribution in [2.75, 3.05) is 74.2 Å². The van der Waals surface area contributed by atoms with Gasteiger partial charge in [-0.25, -0.2) is 43.9 Å². The molecule has 31 nitrogen and oxygen atoms in total. The number of pyridine rings is 8. The first-order chi connectivity index (χ1) is 52.7. The molecule has 12 N–H and O–H groups in total. The molecule has 0 spiro atoms. The van der Waals surface area contributed by atoms with Crippen LogP contribution in [0.2, 0.25) is 15.3 Å². The number of urea groups is 2. The normalized spacial score (nSPS) is 10.1. The highest BCUT2D eigenvalue weighted by Crippen LogP contribution is 2.29. The van der Waals surface area contributed by atoms with Gasteiger partial charge >= 0.3 is 30.0 Å². The second-order valence-electron chi connectivity index (χ2n) is 21.9. The van der Waals surface area contributed by atoms with Gasteiger partial charge in [0.25, 0.3) is 23.6 Å². The van der Waals surface area contributed by atoms with E-state index in [1.165, 1.54) is 67.6 Å². The minimum Gasteiger partial charge on any atom is -0.478 e. The lowest BCUT2D eigenvalue weighted by atomic mass is 10.1. The number of rotatable bonds is 23. The van der Waals surface area contributed by atoms with Crippen molar-refractivity contribution in [3.8, 4) is 0 Å². The highest BCUT2D eigenvalue weighted by molar-refractivity contribution is 6.36. The van der Waals surface area contributed by atoms with Crippen LogP contribution < -0.4 is 58.5 Å². The van der Waals surface area contributed by atoms with E-state index in [1.54, 1.807) is 180 Å². The summed E-state index contributed by atoms with van der Waals surface area (Å²) in [7, 11) is 0. The van der Waals surface area contributed by atoms with E-state index in [9.17, 15) is 43.2 Å². The number of nitrogens with zero attached hydrogens (tertiary/aromatic N) is 8. The number of ether oxygens (including phenoxy) is 2. The molecule has 0 aliphatic heterocycles. The van der Waals surface area contributed by atoms with E-state index in [-0.39, 0.29) is 67.6 Å². The Morgan fingerprint density at radius 2 is 0.670 bits per heavy atom. The van der Waals surface area contributed by atoms with E-state index >= 15 is 0 Å². The van der Waals surface area contributed by atoms with Gasteiger partial charge < -0.3 is 62.4 Å². The summed E-state index contributed by atoms with van der Waals surface area (Å²) in [6, 6.07) is 38.2. The molecule has 3 aromatic carbocycles. The standard InChI is InChI=1S/C23H24N6O4.C21H20N6O4.C20H17ClN4O3.C11H7Cl2N3O/c1-3-25-23(32)29-20-12-19(27-16-9-7-15(8-10-16)22(31)33-4-2)18(14-26-20)21(30)28-17-6-5-11-24-13-17;1-2-23-21(31)27-18-10-17(25-14-7-5-13(6-8-14)20(29)30)16(12-24-18)19(28)26-15-4-3-9-22-11-15;1-2-28-20(27)13-5-7-14(8-6-13)24-17-10-18(21)23-12-16(17)19(26)25-15-4-3-9-22-11-15;12-9-4-10(13)15-6-8(9)11(17)16-7-2-1-3-14-5-7/h5-14H,3-4H2,1-2H3,(H,28,30)(H3,25,26,27,29,32);3-12H,2H2,1H3,(H,26,28)(H,29,30)(H3,23,24,25,27,31);3-12H,2H2,1H3,(H,23,24)(H,25,26);1-6H,(H,16,17). The highest BCUT2D eigenvalue weighted by Gasteiger charge is 2.20. The first-order valence-corrected chi connectivity index (χ1v) is 33.9. The molecule has 0 unspecified atom stereocenters. The zero-order valence-corrected chi connectivity index (χ0v) is 60.5. The van der Waals surface area contributed by atoms with Crippen LogP contribution in [0, 0.1) is 0 Å². The molecule has 11 rings (SSSR count). The van der Waals surface area contributed by atoms with E-state index in [0.717, 1.165) is 0 Å². The predicted octanol–water partition coefficient (Wildman–Crippen LogP) is 14.4. The number of halogens is 3. The Bertz CT molecular complexity index is 4960. The molecule has 0 saturated carbocycles. The average molecular weight is 1530 g/mol. The minimum absolute atomic E-state index is 0.133. The number of amides is 8. The first-order valence-electron chi connectivity index (χ1n) is 32.8. The molecular formula is C75H68Cl3N19O12. The number of aromatic carboxylic acids is 1. The van der Waals surface area contributed by atoms with Crippen molar-refractivity contribution in [1.29, 1.82) is 0 Å². The van der Waals surface area contributed by atoms with Crippen molar-refractivity contribution in [3.63, 3.8) is 0 Å². The molecule has 556 valence electrons. The molecule has 8 heterocycles. The molecular weight excluding hydrogens is 1470 g/mol. The van der Waals surface area contributed by atoms with Crippen LogP contribution in [0.3, 0.4) is 0 Å². The molecule has 0 fully saturated rings. The van der Waals surface area contributed by atoms with Crippen LogP contribution in [0.4, 0.5) is 78.1 Å². The van der Waals surface area contributed by atoms with Crippen LogP contribution in [0.5, 0.6) is 0 Å². The molecule has 0 radical (unpaired) electrons. The van der Waals surface area contributed by atoms with Gasteiger partial charge in [-0.3, -0.25) is 49.7 Å². The van der Waals surface area contributed by atoms with Crippen molar-refractivity contribution in [2.24, 2.45) is 0 Å². The van der Waals surface area contributed by atoms with Gasteiger partial charge in [0.2, 0.25) is 0 Å². The average Bonchev–Trinajstić information content (AvgIpc) is 0.847. The SMILES string of the molecule is CCNC(=O)Nc1cc(Nc2ccc(C(=O)O)cc2)c(C(=O)Nc2cccnc2)cn1.CCNC(=O)Nc1cc(Nc2ccc(C(=O)OCC)cc2)c(C(=O)Nc2cccnc2)cn1.CCOC(=O)c1ccc(Nc2cc(Cl)ncc2C(=O)Nc2cccnc2)cc1.O=C(Nc1cccnc1)c1cnc(Cl)cc1Cl. The van der Waals surface area contributed by atoms with E-state index in [0.29, 0.717) is 93.3 Å². The lowest BCUT2D eigenvalue weighted by molar-refractivity contribution is 0.0517. The van der Waals surface area contributed by atoms with Gasteiger partial charge in [0.15, 0.2) is 0 Å². The topological polar surface area (TPSA) is 428 Å². The minimum atomic E-state index is -1.04. The molecule has 34 heteroatoms. The van der Waals surface area contributed by atoms with Crippen molar-refractivity contribution in [1.82, 2.24) is 50.5 Å². The maximum atomic E-state index is 12.9. The molecule has 109 heavy (non-hydrogen) atoms. The molecule has 0 aliphatic carbocycles. The van der Waals surface area contributed by atoms with Gasteiger partial charge in [0.05, 0.1) is 122 Å². The van der Waals surface area contributed by atoms with Gasteiger partial charge in [0.1, 0.15) is 21.9 Å². The fourth-order valence-electron chi connectivity index (χ4n) is 9.06. The smallest absolute Gasteiger partial charge is 0.338 e. The van der Waals surface area contributed by atoms with E-state index in [4.69, 9.17) is 49.4 Å². The zero-order valence-electron chi connectivity index (χ0n) is 58.3. The lowest BCUT2D eigenvalue weighted by Gasteiger charge is -2.14. The van der Waals surface area contributed by atoms with Crippen LogP contribution in [-0.2, 0) is 9.47 Å². The molecule has 11 aromatic rings. The number of hydrogen-bond acceptors (Lipinski definition) is 22. The molecule has 0 bridgehead atoms. The van der Waals surface area contributed by atoms with Gasteiger partial charge in [-0.15, -0.1) is 0 Å². The number of carboxylic acids is 1. The monoisotopic (exact) mass is 1530 g/mol. The van der Waals surface area contributed by atoms with Crippen molar-refractivity contribution in [2.45, 2.75) is 27.7 Å². The number of esters is 2. The second-order valence-corrected chi connectivity index (χ2v) is 23.1. The third kappa shape index (κ3) is 25.7. The van der Waals surface area contributed by atoms with Crippen molar-refractivity contribution < 1.29 is 57.7 Å². The summed E-state index contributed by atoms with van der Waals surface area (Å²) in [6.45, 7) is 8.56. The fourth-order valence-corrected chi connectivity index (χ4v) is 9.67. The van der Waals surface area contributed by atoms with Gasteiger partial charge in [-0.1, -0.05) is 34.8 Å². The molecule has 0 aliphatic rings. The summed E-state index contributed by atoms with van der Waals surface area (Å²) in [5, 5.41) is 40.5. The maximum absolute atomic E-state index is 12.9. The largest absolute Gasteiger partial charge is 0.478 e. The van der Waals surface area contributed by atoms with Crippen LogP contribution in [-0.4, -0.2) is 125 Å². The van der Waals surface area contributed by atoms with Crippen molar-refractivity contribution in [3.05, 3.63) is 274 Å². The Morgan fingerprint density at radius 1 is 0.358 bits per heavy atom. The molecule has 0 atom stereocenters. The van der Waals surface area contributed by atoms with Gasteiger partial charge in [-0.05, 0) is 161 Å². The predicted molar refractivity (Wildman–Crippen MR) is 414 cm³/mol. The summed E-state index contributed by atoms with van der Waals surface area (Å²) >= 11 is 17.5. The summed E-state index contributed by atoms with van der Waals surface area (Å²) in [4.78, 5) is 140. The Morgan fingerprint density at radius 3 is 0.982 bits per heavy atom. The Kier molecular flexibility index (Phi) is 30.7. The Balaban J connectivity index is 0.000000187. The first kappa shape index (κ1) is 80.6. The third-order valence-electron chi connectivity index (χ3n) is 14.1. The maximum Gasteiger partial charge on any atom is 0.338 e. The molecule has 0 saturated heterocycles. The van der Waals surface area contributed by atoms with Gasteiger partial charge in [-0.2, -0.15) is 0 Å². The van der Waals surface area contributed by atoms with E-state index < -0.39 is 41.8 Å². The zero-order chi connectivity index (χ0) is 78.0. The van der Waals surface area contributed by atoms with Crippen LogP contribution >= 0.6 is 34.8 Å². The Labute approximate surface area is 637 Å². The number of anilines is 12. The summed E-state index contributed by atoms with van der Waals surface area (Å²) in [5.74, 6) is -2.93. The number of aromatic nitrogens is 8. The number of carbonyl (C=O) groups excluding carboxylic acids is 8. The summed E-state index contributed by atoms with van der Waals surface area (Å²) in [6.07, 6.45) is 18.0. The summed E-state index contributed by atoms with van der Waals surface area (Å²) in [5.41, 5.74) is 7.29. The molecule has 8 amide bonds. The summed E-state index contributed by atoms with van der Waals surface area (Å²) < 4.78 is 9.96. The number of nitrogens with one attached hydrogen (secondary N) is 11. The number of carboxylic acid groups (broad SMARTS) is 1.